The zero-order valence-electron chi connectivity index (χ0n) is 11.4. The Hall–Kier alpha value is -2.32. The van der Waals surface area contributed by atoms with Gasteiger partial charge in [-0.1, -0.05) is 17.5 Å². The predicted molar refractivity (Wildman–Crippen MR) is 76.6 cm³/mol. The number of carbonyl (C=O) groups is 2. The second-order valence-corrected chi connectivity index (χ2v) is 4.83. The first-order valence-corrected chi connectivity index (χ1v) is 6.37. The smallest absolute Gasteiger partial charge is 0.261 e. The summed E-state index contributed by atoms with van der Waals surface area (Å²) < 4.78 is 19.2. The number of halogens is 2. The second kappa shape index (κ2) is 5.58. The van der Waals surface area contributed by atoms with Crippen LogP contribution in [0.1, 0.15) is 13.8 Å². The minimum absolute atomic E-state index is 0.00648. The summed E-state index contributed by atoms with van der Waals surface area (Å²) in [6.45, 7) is 2.96. The highest BCUT2D eigenvalue weighted by molar-refractivity contribution is 6.34. The summed E-state index contributed by atoms with van der Waals surface area (Å²) in [6, 6.07) is 2.17. The van der Waals surface area contributed by atoms with E-state index in [2.05, 4.69) is 5.92 Å². The Morgan fingerprint density at radius 3 is 2.38 bits per heavy atom. The van der Waals surface area contributed by atoms with Gasteiger partial charge in [0.1, 0.15) is 18.2 Å². The molecule has 2 amide bonds. The van der Waals surface area contributed by atoms with E-state index in [1.165, 1.54) is 19.9 Å². The number of carbonyl (C=O) groups excluding carboxylic acids is 2. The molecule has 1 aromatic carbocycles. The van der Waals surface area contributed by atoms with E-state index >= 15 is 0 Å². The minimum Gasteiger partial charge on any atom is -0.479 e. The first kappa shape index (κ1) is 15.1. The van der Waals surface area contributed by atoms with Crippen LogP contribution in [0.15, 0.2) is 23.3 Å². The Balaban J connectivity index is 2.48. The summed E-state index contributed by atoms with van der Waals surface area (Å²) in [7, 11) is 0. The molecule has 4 nitrogen and oxygen atoms in total. The standard InChI is InChI=1S/C15H11ClFNO3/c1-4-5-21-13-7-12(11(17)6-10(13)16)18-14(19)8(2)9(3)15(18)20/h1,6-7H,5H2,2-3H3. The molecule has 6 heteroatoms. The zero-order valence-corrected chi connectivity index (χ0v) is 12.1. The fourth-order valence-corrected chi connectivity index (χ4v) is 2.09. The van der Waals surface area contributed by atoms with Crippen LogP contribution in [-0.4, -0.2) is 18.4 Å². The van der Waals surface area contributed by atoms with Crippen molar-refractivity contribution in [2.45, 2.75) is 13.8 Å². The highest BCUT2D eigenvalue weighted by atomic mass is 35.5. The van der Waals surface area contributed by atoms with Crippen molar-refractivity contribution < 1.29 is 18.7 Å². The lowest BCUT2D eigenvalue weighted by Crippen LogP contribution is -2.32. The third-order valence-corrected chi connectivity index (χ3v) is 3.46. The molecule has 0 saturated carbocycles. The number of terminal acetylenes is 1. The summed E-state index contributed by atoms with van der Waals surface area (Å²) in [5.41, 5.74) is 0.346. The number of hydrogen-bond acceptors (Lipinski definition) is 3. The molecule has 1 aliphatic rings. The minimum atomic E-state index is -0.794. The quantitative estimate of drug-likeness (QED) is 0.637. The van der Waals surface area contributed by atoms with Gasteiger partial charge in [-0.15, -0.1) is 6.42 Å². The van der Waals surface area contributed by atoms with Gasteiger partial charge in [-0.25, -0.2) is 9.29 Å². The summed E-state index contributed by atoms with van der Waals surface area (Å²) >= 11 is 5.84. The molecule has 0 spiro atoms. The molecule has 21 heavy (non-hydrogen) atoms. The molecule has 0 unspecified atom stereocenters. The Bertz CT molecular complexity index is 694. The SMILES string of the molecule is C#CCOc1cc(N2C(=O)C(C)=C(C)C2=O)c(F)cc1Cl. The van der Waals surface area contributed by atoms with Crippen LogP contribution in [0, 0.1) is 18.2 Å². The van der Waals surface area contributed by atoms with Gasteiger partial charge in [0, 0.05) is 17.2 Å². The van der Waals surface area contributed by atoms with Gasteiger partial charge in [0.2, 0.25) is 0 Å². The summed E-state index contributed by atoms with van der Waals surface area (Å²) in [5, 5.41) is 0.00648. The van der Waals surface area contributed by atoms with Crippen LogP contribution >= 0.6 is 11.6 Å². The summed E-state index contributed by atoms with van der Waals surface area (Å²) in [4.78, 5) is 24.9. The van der Waals surface area contributed by atoms with E-state index in [9.17, 15) is 14.0 Å². The van der Waals surface area contributed by atoms with Gasteiger partial charge in [-0.05, 0) is 19.9 Å². The molecule has 0 aromatic heterocycles. The summed E-state index contributed by atoms with van der Waals surface area (Å²) in [5.74, 6) is 0.424. The van der Waals surface area contributed by atoms with Crippen LogP contribution < -0.4 is 9.64 Å². The molecule has 0 fully saturated rings. The number of benzene rings is 1. The highest BCUT2D eigenvalue weighted by Crippen LogP contribution is 2.35. The third kappa shape index (κ3) is 2.50. The third-order valence-electron chi connectivity index (χ3n) is 3.16. The number of ether oxygens (including phenoxy) is 1. The van der Waals surface area contributed by atoms with E-state index in [0.29, 0.717) is 0 Å². The van der Waals surface area contributed by atoms with Crippen molar-refractivity contribution in [3.63, 3.8) is 0 Å². The van der Waals surface area contributed by atoms with Gasteiger partial charge in [-0.3, -0.25) is 9.59 Å². The first-order chi connectivity index (χ1) is 9.88. The lowest BCUT2D eigenvalue weighted by atomic mass is 10.2. The molecule has 108 valence electrons. The van der Waals surface area contributed by atoms with Gasteiger partial charge in [0.15, 0.2) is 0 Å². The molecule has 0 radical (unpaired) electrons. The van der Waals surface area contributed by atoms with E-state index in [1.807, 2.05) is 0 Å². The Kier molecular flexibility index (Phi) is 4.01. The second-order valence-electron chi connectivity index (χ2n) is 4.42. The van der Waals surface area contributed by atoms with E-state index in [1.54, 1.807) is 0 Å². The number of imide groups is 1. The maximum atomic E-state index is 14.1. The molecule has 0 bridgehead atoms. The number of anilines is 1. The molecule has 0 atom stereocenters. The molecule has 0 aliphatic carbocycles. The van der Waals surface area contributed by atoms with Crippen LogP contribution in [0.2, 0.25) is 5.02 Å². The fraction of sp³-hybridized carbons (Fsp3) is 0.200. The molecular weight excluding hydrogens is 297 g/mol. The first-order valence-electron chi connectivity index (χ1n) is 6.00. The van der Waals surface area contributed by atoms with Crippen LogP contribution in [0.5, 0.6) is 5.75 Å². The lowest BCUT2D eigenvalue weighted by Gasteiger charge is -2.17. The van der Waals surface area contributed by atoms with E-state index in [0.717, 1.165) is 11.0 Å². The Labute approximate surface area is 126 Å². The molecule has 1 heterocycles. The predicted octanol–water partition coefficient (Wildman–Crippen LogP) is 2.70. The van der Waals surface area contributed by atoms with E-state index in [-0.39, 0.29) is 34.2 Å². The monoisotopic (exact) mass is 307 g/mol. The summed E-state index contributed by atoms with van der Waals surface area (Å²) in [6.07, 6.45) is 5.08. The maximum absolute atomic E-state index is 14.1. The van der Waals surface area contributed by atoms with Gasteiger partial charge >= 0.3 is 0 Å². The molecule has 2 rings (SSSR count). The van der Waals surface area contributed by atoms with Crippen LogP contribution in [-0.2, 0) is 9.59 Å². The number of rotatable bonds is 3. The van der Waals surface area contributed by atoms with Crippen LogP contribution in [0.4, 0.5) is 10.1 Å². The van der Waals surface area contributed by atoms with Crippen molar-refractivity contribution in [1.29, 1.82) is 0 Å². The van der Waals surface area contributed by atoms with Crippen molar-refractivity contribution in [3.8, 4) is 18.1 Å². The average Bonchev–Trinajstić information content (AvgIpc) is 2.63. The maximum Gasteiger partial charge on any atom is 0.261 e. The Morgan fingerprint density at radius 1 is 1.29 bits per heavy atom. The topological polar surface area (TPSA) is 46.6 Å². The number of amides is 2. The van der Waals surface area contributed by atoms with Crippen molar-refractivity contribution in [3.05, 3.63) is 34.1 Å². The molecule has 1 aromatic rings. The molecule has 0 saturated heterocycles. The van der Waals surface area contributed by atoms with Crippen molar-refractivity contribution in [1.82, 2.24) is 0 Å². The molecule has 1 aliphatic heterocycles. The number of hydrogen-bond donors (Lipinski definition) is 0. The molecular formula is C15H11ClFNO3. The van der Waals surface area contributed by atoms with Crippen LogP contribution in [0.3, 0.4) is 0 Å². The van der Waals surface area contributed by atoms with E-state index in [4.69, 9.17) is 22.8 Å². The highest BCUT2D eigenvalue weighted by Gasteiger charge is 2.36. The number of nitrogens with zero attached hydrogens (tertiary/aromatic N) is 1. The van der Waals surface area contributed by atoms with Gasteiger partial charge in [0.25, 0.3) is 11.8 Å². The van der Waals surface area contributed by atoms with Gasteiger partial charge in [-0.2, -0.15) is 0 Å². The molecule has 0 N–H and O–H groups in total. The lowest BCUT2D eigenvalue weighted by molar-refractivity contribution is -0.120. The normalized spacial score (nSPS) is 14.7. The Morgan fingerprint density at radius 2 is 1.86 bits per heavy atom. The zero-order chi connectivity index (χ0) is 15.7. The van der Waals surface area contributed by atoms with Crippen molar-refractivity contribution in [2.75, 3.05) is 11.5 Å². The van der Waals surface area contributed by atoms with Crippen LogP contribution in [0.25, 0.3) is 0 Å². The van der Waals surface area contributed by atoms with Gasteiger partial charge < -0.3 is 4.74 Å². The van der Waals surface area contributed by atoms with Crippen molar-refractivity contribution in [2.24, 2.45) is 0 Å². The van der Waals surface area contributed by atoms with E-state index < -0.39 is 17.6 Å². The van der Waals surface area contributed by atoms with Crippen molar-refractivity contribution >= 4 is 29.1 Å². The average molecular weight is 308 g/mol. The largest absolute Gasteiger partial charge is 0.479 e. The fourth-order valence-electron chi connectivity index (χ4n) is 1.89. The van der Waals surface area contributed by atoms with Gasteiger partial charge in [0.05, 0.1) is 10.7 Å².